The van der Waals surface area contributed by atoms with E-state index in [1.165, 1.54) is 11.3 Å². The van der Waals surface area contributed by atoms with E-state index in [1.54, 1.807) is 60.1 Å². The second-order valence-electron chi connectivity index (χ2n) is 5.32. The molecule has 8 nitrogen and oxygen atoms in total. The summed E-state index contributed by atoms with van der Waals surface area (Å²) >= 11 is 1.32. The highest BCUT2D eigenvalue weighted by molar-refractivity contribution is 7.13. The molecule has 5 N–H and O–H groups in total. The summed E-state index contributed by atoms with van der Waals surface area (Å²) in [6.45, 7) is 0. The highest BCUT2D eigenvalue weighted by Gasteiger charge is 2.11. The fourth-order valence-corrected chi connectivity index (χ4v) is 2.66. The van der Waals surface area contributed by atoms with Crippen LogP contribution < -0.4 is 21.1 Å². The van der Waals surface area contributed by atoms with E-state index in [1.807, 2.05) is 0 Å². The zero-order valence-corrected chi connectivity index (χ0v) is 14.7. The molecule has 3 rings (SSSR count). The number of carbonyl (C=O) groups is 2. The molecule has 0 bridgehead atoms. The molecule has 2 aromatic carbocycles. The van der Waals surface area contributed by atoms with Crippen LogP contribution in [-0.2, 0) is 0 Å². The Kier molecular flexibility index (Phi) is 5.43. The van der Waals surface area contributed by atoms with E-state index in [4.69, 9.17) is 15.9 Å². The quantitative estimate of drug-likeness (QED) is 0.233. The van der Waals surface area contributed by atoms with Crippen molar-refractivity contribution in [3.63, 3.8) is 0 Å². The SMILES string of the molecule is N=C(N)Nc1ccc(C(=O)Oc2ccc(C(=O)Nc3nccs3)cc2)cc1. The Bertz CT molecular complexity index is 954. The van der Waals surface area contributed by atoms with Crippen molar-refractivity contribution in [1.82, 2.24) is 4.98 Å². The smallest absolute Gasteiger partial charge is 0.343 e. The molecule has 136 valence electrons. The van der Waals surface area contributed by atoms with Crippen molar-refractivity contribution >= 4 is 40.0 Å². The third-order valence-corrected chi connectivity index (χ3v) is 4.07. The van der Waals surface area contributed by atoms with Gasteiger partial charge in [0, 0.05) is 22.8 Å². The first-order chi connectivity index (χ1) is 13.0. The monoisotopic (exact) mass is 381 g/mol. The lowest BCUT2D eigenvalue weighted by Gasteiger charge is -2.07. The number of esters is 1. The van der Waals surface area contributed by atoms with E-state index in [0.717, 1.165) is 0 Å². The van der Waals surface area contributed by atoms with E-state index >= 15 is 0 Å². The van der Waals surface area contributed by atoms with Crippen LogP contribution in [0, 0.1) is 5.41 Å². The second kappa shape index (κ2) is 8.11. The molecule has 1 heterocycles. The van der Waals surface area contributed by atoms with Gasteiger partial charge in [-0.15, -0.1) is 11.3 Å². The summed E-state index contributed by atoms with van der Waals surface area (Å²) in [5, 5.41) is 14.7. The third kappa shape index (κ3) is 4.89. The molecule has 0 atom stereocenters. The number of hydrogen-bond acceptors (Lipinski definition) is 6. The molecule has 0 aliphatic heterocycles. The molecule has 0 unspecified atom stereocenters. The molecule has 0 radical (unpaired) electrons. The predicted molar refractivity (Wildman–Crippen MR) is 103 cm³/mol. The van der Waals surface area contributed by atoms with Gasteiger partial charge in [-0.2, -0.15) is 0 Å². The summed E-state index contributed by atoms with van der Waals surface area (Å²) in [4.78, 5) is 28.3. The maximum Gasteiger partial charge on any atom is 0.343 e. The lowest BCUT2D eigenvalue weighted by Crippen LogP contribution is -2.20. The lowest BCUT2D eigenvalue weighted by molar-refractivity contribution is 0.0734. The number of carbonyl (C=O) groups excluding carboxylic acids is 2. The minimum absolute atomic E-state index is 0.190. The van der Waals surface area contributed by atoms with E-state index in [0.29, 0.717) is 27.7 Å². The van der Waals surface area contributed by atoms with E-state index < -0.39 is 5.97 Å². The van der Waals surface area contributed by atoms with Gasteiger partial charge in [-0.3, -0.25) is 15.5 Å². The number of nitrogens with two attached hydrogens (primary N) is 1. The van der Waals surface area contributed by atoms with Gasteiger partial charge in [0.15, 0.2) is 11.1 Å². The summed E-state index contributed by atoms with van der Waals surface area (Å²) in [5.41, 5.74) is 6.60. The van der Waals surface area contributed by atoms with Gasteiger partial charge in [0.2, 0.25) is 0 Å². The maximum atomic E-state index is 12.2. The van der Waals surface area contributed by atoms with Crippen LogP contribution in [-0.4, -0.2) is 22.8 Å². The van der Waals surface area contributed by atoms with Crippen LogP contribution in [0.4, 0.5) is 10.8 Å². The first-order valence-corrected chi connectivity index (χ1v) is 8.63. The number of anilines is 2. The Balaban J connectivity index is 1.61. The minimum Gasteiger partial charge on any atom is -0.423 e. The Labute approximate surface area is 158 Å². The van der Waals surface area contributed by atoms with Crippen molar-refractivity contribution in [2.24, 2.45) is 5.73 Å². The number of ether oxygens (including phenoxy) is 1. The van der Waals surface area contributed by atoms with Gasteiger partial charge < -0.3 is 15.8 Å². The van der Waals surface area contributed by atoms with Crippen LogP contribution in [0.2, 0.25) is 0 Å². The summed E-state index contributed by atoms with van der Waals surface area (Å²) < 4.78 is 5.29. The number of rotatable bonds is 5. The summed E-state index contributed by atoms with van der Waals surface area (Å²) in [7, 11) is 0. The van der Waals surface area contributed by atoms with Crippen molar-refractivity contribution in [1.29, 1.82) is 5.41 Å². The molecule has 0 aliphatic carbocycles. The highest BCUT2D eigenvalue weighted by atomic mass is 32.1. The molecule has 1 amide bonds. The molecular weight excluding hydrogens is 366 g/mol. The van der Waals surface area contributed by atoms with Gasteiger partial charge in [0.25, 0.3) is 5.91 Å². The highest BCUT2D eigenvalue weighted by Crippen LogP contribution is 2.17. The normalized spacial score (nSPS) is 10.1. The molecule has 0 saturated heterocycles. The number of hydrogen-bond donors (Lipinski definition) is 4. The van der Waals surface area contributed by atoms with Crippen molar-refractivity contribution in [3.8, 4) is 5.75 Å². The van der Waals surface area contributed by atoms with Crippen molar-refractivity contribution in [2.45, 2.75) is 0 Å². The number of nitrogens with one attached hydrogen (secondary N) is 3. The zero-order valence-electron chi connectivity index (χ0n) is 13.9. The molecule has 0 aliphatic rings. The number of aromatic nitrogens is 1. The Morgan fingerprint density at radius 1 is 1.00 bits per heavy atom. The van der Waals surface area contributed by atoms with Crippen LogP contribution in [0.3, 0.4) is 0 Å². The molecule has 9 heteroatoms. The maximum absolute atomic E-state index is 12.2. The zero-order chi connectivity index (χ0) is 19.2. The van der Waals surface area contributed by atoms with Crippen LogP contribution in [0.25, 0.3) is 0 Å². The lowest BCUT2D eigenvalue weighted by atomic mass is 10.2. The van der Waals surface area contributed by atoms with E-state index in [-0.39, 0.29) is 11.9 Å². The van der Waals surface area contributed by atoms with E-state index in [2.05, 4.69) is 15.6 Å². The van der Waals surface area contributed by atoms with Gasteiger partial charge in [-0.1, -0.05) is 0 Å². The van der Waals surface area contributed by atoms with Gasteiger partial charge in [0.1, 0.15) is 5.75 Å². The number of amides is 1. The van der Waals surface area contributed by atoms with Gasteiger partial charge in [0.05, 0.1) is 5.56 Å². The minimum atomic E-state index is -0.538. The Morgan fingerprint density at radius 3 is 2.26 bits per heavy atom. The predicted octanol–water partition coefficient (Wildman–Crippen LogP) is 2.92. The summed E-state index contributed by atoms with van der Waals surface area (Å²) in [6, 6.07) is 12.6. The van der Waals surface area contributed by atoms with E-state index in [9.17, 15) is 9.59 Å². The third-order valence-electron chi connectivity index (χ3n) is 3.38. The number of nitrogens with zero attached hydrogens (tertiary/aromatic N) is 1. The first-order valence-electron chi connectivity index (χ1n) is 7.75. The summed E-state index contributed by atoms with van der Waals surface area (Å²) in [5.74, 6) is -0.707. The van der Waals surface area contributed by atoms with Crippen molar-refractivity contribution in [2.75, 3.05) is 10.6 Å². The van der Waals surface area contributed by atoms with Crippen LogP contribution in [0.1, 0.15) is 20.7 Å². The van der Waals surface area contributed by atoms with Crippen LogP contribution in [0.5, 0.6) is 5.75 Å². The molecular formula is C18H15N5O3S. The molecule has 0 spiro atoms. The van der Waals surface area contributed by atoms with Gasteiger partial charge in [-0.25, -0.2) is 9.78 Å². The molecule has 1 aromatic heterocycles. The molecule has 3 aromatic rings. The largest absolute Gasteiger partial charge is 0.423 e. The molecule has 0 saturated carbocycles. The fourth-order valence-electron chi connectivity index (χ4n) is 2.14. The average molecular weight is 381 g/mol. The Hall–Kier alpha value is -3.72. The second-order valence-corrected chi connectivity index (χ2v) is 6.22. The topological polar surface area (TPSA) is 130 Å². The Morgan fingerprint density at radius 2 is 1.67 bits per heavy atom. The number of benzene rings is 2. The van der Waals surface area contributed by atoms with Crippen molar-refractivity contribution in [3.05, 3.63) is 71.2 Å². The standard InChI is InChI=1S/C18H15N5O3S/c19-17(20)22-13-5-1-12(2-6-13)16(25)26-14-7-3-11(4-8-14)15(24)23-18-21-9-10-27-18/h1-10H,(H4,19,20,22)(H,21,23,24). The average Bonchev–Trinajstić information content (AvgIpc) is 3.15. The molecule has 27 heavy (non-hydrogen) atoms. The van der Waals surface area contributed by atoms with Crippen LogP contribution in [0.15, 0.2) is 60.1 Å². The van der Waals surface area contributed by atoms with Gasteiger partial charge >= 0.3 is 5.97 Å². The molecule has 0 fully saturated rings. The fraction of sp³-hybridized carbons (Fsp3) is 0. The van der Waals surface area contributed by atoms with Crippen LogP contribution >= 0.6 is 11.3 Å². The summed E-state index contributed by atoms with van der Waals surface area (Å²) in [6.07, 6.45) is 1.60. The number of thiazole rings is 1. The van der Waals surface area contributed by atoms with Crippen molar-refractivity contribution < 1.29 is 14.3 Å². The number of guanidine groups is 1. The first kappa shape index (κ1) is 18.1. The van der Waals surface area contributed by atoms with Gasteiger partial charge in [-0.05, 0) is 48.5 Å².